The van der Waals surface area contributed by atoms with E-state index in [1.807, 2.05) is 12.2 Å². The summed E-state index contributed by atoms with van der Waals surface area (Å²) in [7, 11) is 0. The monoisotopic (exact) mass is 1040 g/mol. The second-order valence-corrected chi connectivity index (χ2v) is 20.1. The summed E-state index contributed by atoms with van der Waals surface area (Å²) in [6.45, 7) is 2.42. The van der Waals surface area contributed by atoms with Crippen molar-refractivity contribution in [3.05, 3.63) is 48.6 Å². The Morgan fingerprint density at radius 1 is 0.452 bits per heavy atom. The Balaban J connectivity index is 1.72. The van der Waals surface area contributed by atoms with E-state index in [2.05, 4.69) is 50.3 Å². The number of allylic oxidation sites excluding steroid dienone is 8. The van der Waals surface area contributed by atoms with Gasteiger partial charge in [-0.2, -0.15) is 0 Å². The highest BCUT2D eigenvalue weighted by molar-refractivity contribution is 5.70. The van der Waals surface area contributed by atoms with E-state index in [1.54, 1.807) is 0 Å². The first-order valence-electron chi connectivity index (χ1n) is 28.7. The topological polar surface area (TPSA) is 231 Å². The minimum absolute atomic E-state index is 0.0447. The maximum Gasteiger partial charge on any atom is 0.306 e. The third kappa shape index (κ3) is 32.0. The number of carbonyl (C=O) groups excluding carboxylic acids is 2. The number of ether oxygens (including phenoxy) is 6. The average molecular weight is 1040 g/mol. The standard InChI is InChI=1S/C58H102O15/c1-3-5-7-9-11-13-15-17-18-19-20-21-22-23-24-25-26-27-29-30-32-34-36-38-40-49(60)68-43-46(71-50(61)41-39-37-35-33-31-28-16-14-12-10-8-6-4-2)44-69-57-56(67)54(65)52(63)48(73-57)45-70-58-55(66)53(64)51(62)47(42-59)72-58/h6,8,12,14,28,31,35,37,46-48,51-59,62-67H,3-5,7,9-11,13,15-27,29-30,32-34,36,38-45H2,1-2H3/b8-6-,14-12-,31-28-,37-35-. The van der Waals surface area contributed by atoms with Gasteiger partial charge in [0.25, 0.3) is 0 Å². The summed E-state index contributed by atoms with van der Waals surface area (Å²) >= 11 is 0. The molecular weight excluding hydrogens is 937 g/mol. The molecule has 11 atom stereocenters. The van der Waals surface area contributed by atoms with E-state index in [-0.39, 0.29) is 19.4 Å². The number of aliphatic hydroxyl groups excluding tert-OH is 7. The van der Waals surface area contributed by atoms with Crippen molar-refractivity contribution in [3.63, 3.8) is 0 Å². The fourth-order valence-corrected chi connectivity index (χ4v) is 8.94. The Morgan fingerprint density at radius 2 is 0.863 bits per heavy atom. The van der Waals surface area contributed by atoms with Crippen LogP contribution < -0.4 is 0 Å². The highest BCUT2D eigenvalue weighted by Crippen LogP contribution is 2.27. The Hall–Kier alpha value is -2.54. The van der Waals surface area contributed by atoms with Gasteiger partial charge in [0.05, 0.1) is 19.8 Å². The van der Waals surface area contributed by atoms with Crippen LogP contribution in [-0.2, 0) is 38.0 Å². The van der Waals surface area contributed by atoms with Crippen molar-refractivity contribution in [1.29, 1.82) is 0 Å². The molecule has 0 saturated carbocycles. The summed E-state index contributed by atoms with van der Waals surface area (Å²) in [5.74, 6) is -1.01. The van der Waals surface area contributed by atoms with E-state index < -0.39 is 99.3 Å². The Morgan fingerprint density at radius 3 is 1.33 bits per heavy atom. The molecule has 2 aliphatic heterocycles. The molecule has 2 fully saturated rings. The van der Waals surface area contributed by atoms with Crippen molar-refractivity contribution in [2.24, 2.45) is 0 Å². The van der Waals surface area contributed by atoms with E-state index in [9.17, 15) is 45.3 Å². The van der Waals surface area contributed by atoms with Gasteiger partial charge < -0.3 is 64.2 Å². The highest BCUT2D eigenvalue weighted by atomic mass is 16.7. The molecule has 0 aliphatic carbocycles. The third-order valence-electron chi connectivity index (χ3n) is 13.6. The quantitative estimate of drug-likeness (QED) is 0.0171. The summed E-state index contributed by atoms with van der Waals surface area (Å²) in [5, 5.41) is 72.2. The van der Waals surface area contributed by atoms with Gasteiger partial charge in [0.15, 0.2) is 18.7 Å². The first-order chi connectivity index (χ1) is 35.5. The normalized spacial score (nSPS) is 25.2. The molecule has 0 spiro atoms. The zero-order valence-corrected chi connectivity index (χ0v) is 45.1. The van der Waals surface area contributed by atoms with Gasteiger partial charge in [0.1, 0.15) is 55.4 Å². The molecule has 2 aliphatic rings. The molecule has 11 unspecified atom stereocenters. The summed E-state index contributed by atoms with van der Waals surface area (Å²) in [6, 6.07) is 0. The van der Waals surface area contributed by atoms with Crippen molar-refractivity contribution < 1.29 is 73.8 Å². The van der Waals surface area contributed by atoms with E-state index in [0.29, 0.717) is 19.3 Å². The lowest BCUT2D eigenvalue weighted by Gasteiger charge is -2.42. The number of carbonyl (C=O) groups is 2. The van der Waals surface area contributed by atoms with Crippen LogP contribution in [0.3, 0.4) is 0 Å². The number of hydrogen-bond acceptors (Lipinski definition) is 15. The molecule has 2 saturated heterocycles. The summed E-state index contributed by atoms with van der Waals surface area (Å²) in [6.07, 6.45) is 34.6. The summed E-state index contributed by atoms with van der Waals surface area (Å²) in [4.78, 5) is 25.8. The Kier molecular flexibility index (Phi) is 40.6. The lowest BCUT2D eigenvalue weighted by atomic mass is 9.98. The zero-order valence-electron chi connectivity index (χ0n) is 45.1. The second kappa shape index (κ2) is 44.6. The minimum atomic E-state index is -1.78. The molecule has 0 amide bonds. The van der Waals surface area contributed by atoms with Gasteiger partial charge in [0.2, 0.25) is 0 Å². The van der Waals surface area contributed by atoms with Gasteiger partial charge in [-0.3, -0.25) is 9.59 Å². The Labute approximate surface area is 439 Å². The Bertz CT molecular complexity index is 1450. The molecule has 0 aromatic carbocycles. The van der Waals surface area contributed by atoms with Crippen LogP contribution in [0, 0.1) is 0 Å². The molecule has 15 heteroatoms. The van der Waals surface area contributed by atoms with Gasteiger partial charge in [-0.05, 0) is 38.5 Å². The lowest BCUT2D eigenvalue weighted by Crippen LogP contribution is -2.61. The molecule has 0 bridgehead atoms. The third-order valence-corrected chi connectivity index (χ3v) is 13.6. The van der Waals surface area contributed by atoms with Crippen molar-refractivity contribution in [1.82, 2.24) is 0 Å². The van der Waals surface area contributed by atoms with Gasteiger partial charge in [-0.25, -0.2) is 0 Å². The largest absolute Gasteiger partial charge is 0.462 e. The molecule has 2 heterocycles. The van der Waals surface area contributed by atoms with E-state index >= 15 is 0 Å². The maximum absolute atomic E-state index is 13.0. The van der Waals surface area contributed by atoms with Crippen LogP contribution in [-0.4, -0.2) is 142 Å². The number of aliphatic hydroxyl groups is 7. The molecular formula is C58H102O15. The van der Waals surface area contributed by atoms with Crippen molar-refractivity contribution >= 4 is 11.9 Å². The van der Waals surface area contributed by atoms with Gasteiger partial charge in [-0.15, -0.1) is 0 Å². The molecule has 0 radical (unpaired) electrons. The second-order valence-electron chi connectivity index (χ2n) is 20.1. The summed E-state index contributed by atoms with van der Waals surface area (Å²) in [5.41, 5.74) is 0. The fraction of sp³-hybridized carbons (Fsp3) is 0.828. The molecule has 7 N–H and O–H groups in total. The van der Waals surface area contributed by atoms with E-state index in [4.69, 9.17) is 28.4 Å². The van der Waals surface area contributed by atoms with Crippen molar-refractivity contribution in [3.8, 4) is 0 Å². The maximum atomic E-state index is 13.0. The number of rotatable bonds is 45. The zero-order chi connectivity index (χ0) is 53.2. The first-order valence-corrected chi connectivity index (χ1v) is 28.7. The lowest BCUT2D eigenvalue weighted by molar-refractivity contribution is -0.332. The van der Waals surface area contributed by atoms with Crippen LogP contribution >= 0.6 is 0 Å². The van der Waals surface area contributed by atoms with E-state index in [1.165, 1.54) is 128 Å². The first kappa shape index (κ1) is 66.6. The molecule has 15 nitrogen and oxygen atoms in total. The number of hydrogen-bond donors (Lipinski definition) is 7. The molecule has 2 rings (SSSR count). The smallest absolute Gasteiger partial charge is 0.306 e. The molecule has 0 aromatic heterocycles. The van der Waals surface area contributed by atoms with Gasteiger partial charge >= 0.3 is 11.9 Å². The minimum Gasteiger partial charge on any atom is -0.462 e. The van der Waals surface area contributed by atoms with Crippen LogP contribution in [0.1, 0.15) is 213 Å². The van der Waals surface area contributed by atoms with E-state index in [0.717, 1.165) is 38.5 Å². The predicted molar refractivity (Wildman–Crippen MR) is 284 cm³/mol. The molecule has 424 valence electrons. The van der Waals surface area contributed by atoms with Crippen molar-refractivity contribution in [2.45, 2.75) is 280 Å². The number of unbranched alkanes of at least 4 members (excludes halogenated alkanes) is 23. The van der Waals surface area contributed by atoms with Crippen LogP contribution in [0.4, 0.5) is 0 Å². The molecule has 0 aromatic rings. The van der Waals surface area contributed by atoms with Gasteiger partial charge in [-0.1, -0.05) is 210 Å². The highest BCUT2D eigenvalue weighted by Gasteiger charge is 2.47. The van der Waals surface area contributed by atoms with Crippen molar-refractivity contribution in [2.75, 3.05) is 26.4 Å². The summed E-state index contributed by atoms with van der Waals surface area (Å²) < 4.78 is 33.5. The average Bonchev–Trinajstić information content (AvgIpc) is 3.38. The van der Waals surface area contributed by atoms with Crippen LogP contribution in [0.5, 0.6) is 0 Å². The van der Waals surface area contributed by atoms with Gasteiger partial charge in [0, 0.05) is 12.8 Å². The van der Waals surface area contributed by atoms with Crippen LogP contribution in [0.2, 0.25) is 0 Å². The van der Waals surface area contributed by atoms with Crippen LogP contribution in [0.25, 0.3) is 0 Å². The fourth-order valence-electron chi connectivity index (χ4n) is 8.94. The molecule has 73 heavy (non-hydrogen) atoms. The van der Waals surface area contributed by atoms with Crippen LogP contribution in [0.15, 0.2) is 48.6 Å². The predicted octanol–water partition coefficient (Wildman–Crippen LogP) is 9.44. The number of esters is 2. The SMILES string of the molecule is CC/C=C\C/C=C\C/C=C\C/C=C\CCC(=O)OC(COC(=O)CCCCCCCCCCCCCCCCCCCCCCCCCC)COC1OC(COC2OC(CO)C(O)C(O)C2O)C(O)C(O)C1O.